The molecule has 0 unspecified atom stereocenters. The highest BCUT2D eigenvalue weighted by Gasteiger charge is 2.17. The maximum absolute atomic E-state index is 5.78. The number of aromatic nitrogens is 16. The first kappa shape index (κ1) is 52.4. The van der Waals surface area contributed by atoms with Crippen LogP contribution in [0.15, 0.2) is 237 Å². The molecule has 0 aliphatic rings. The highest BCUT2D eigenvalue weighted by molar-refractivity contribution is 5.80. The van der Waals surface area contributed by atoms with E-state index in [-0.39, 0.29) is 0 Å². The molecule has 81 heavy (non-hydrogen) atoms. The van der Waals surface area contributed by atoms with Gasteiger partial charge in [-0.2, -0.15) is 0 Å². The number of nitrogens with two attached hydrogens (primary N) is 4. The van der Waals surface area contributed by atoms with Crippen molar-refractivity contribution in [1.82, 2.24) is 79.7 Å². The maximum Gasteiger partial charge on any atom is 0.159 e. The van der Waals surface area contributed by atoms with Crippen LogP contribution in [-0.4, -0.2) is 79.7 Å². The lowest BCUT2D eigenvalue weighted by molar-refractivity contribution is 0.580. The highest BCUT2D eigenvalue weighted by Crippen LogP contribution is 2.32. The Balaban J connectivity index is 0.000000122. The van der Waals surface area contributed by atoms with E-state index in [1.165, 1.54) is 6.20 Å². The van der Waals surface area contributed by atoms with Gasteiger partial charge in [0.2, 0.25) is 0 Å². The van der Waals surface area contributed by atoms with Crippen LogP contribution < -0.4 is 22.9 Å². The molecule has 1 aromatic carbocycles. The van der Waals surface area contributed by atoms with Gasteiger partial charge in [0, 0.05) is 108 Å². The number of rotatable bonds is 9. The quantitative estimate of drug-likeness (QED) is 0.104. The number of nitrogens with zero attached hydrogens (tertiary/aromatic N) is 16. The van der Waals surface area contributed by atoms with Gasteiger partial charge in [0.15, 0.2) is 11.6 Å². The van der Waals surface area contributed by atoms with Gasteiger partial charge in [0.25, 0.3) is 0 Å². The molecule has 13 rings (SSSR count). The zero-order valence-electron chi connectivity index (χ0n) is 42.8. The molecule has 0 aliphatic heterocycles. The lowest BCUT2D eigenvalue weighted by atomic mass is 10.1. The topological polar surface area (TPSA) is 323 Å². The minimum absolute atomic E-state index is 0.322. The first-order valence-corrected chi connectivity index (χ1v) is 24.7. The molecule has 12 aromatic heterocycles. The van der Waals surface area contributed by atoms with E-state index < -0.39 is 0 Å². The summed E-state index contributed by atoms with van der Waals surface area (Å²) < 4.78 is 5.45. The average molecular weight is 1060 g/mol. The second-order valence-corrected chi connectivity index (χ2v) is 17.0. The SMILES string of the molecule is Nc1cnc(-c2ccnc(-c3ccccc3)n2)c(-c2ccco2)n1.Nc1cnc(-c2ccncc2)c(-c2ccccn2)n1.Nc1cnc(-c2ccncc2)c(-c2cccnc2)n1.Nc1cnc(-c2ccncc2)c(-c2ccncc2)n1. The molecule has 21 heteroatoms. The van der Waals surface area contributed by atoms with Gasteiger partial charge in [0.1, 0.15) is 46.0 Å². The molecule has 0 aliphatic carbocycles. The Morgan fingerprint density at radius 1 is 0.259 bits per heavy atom. The van der Waals surface area contributed by atoms with Gasteiger partial charge in [-0.1, -0.05) is 36.4 Å². The van der Waals surface area contributed by atoms with Gasteiger partial charge in [0.05, 0.1) is 65.2 Å². The monoisotopic (exact) mass is 1060 g/mol. The van der Waals surface area contributed by atoms with E-state index in [1.54, 1.807) is 111 Å². The third-order valence-corrected chi connectivity index (χ3v) is 11.5. The zero-order chi connectivity index (χ0) is 55.6. The largest absolute Gasteiger partial charge is 0.463 e. The number of furan rings is 1. The molecular weight excluding hydrogens is 1020 g/mol. The van der Waals surface area contributed by atoms with Gasteiger partial charge in [-0.15, -0.1) is 0 Å². The zero-order valence-corrected chi connectivity index (χ0v) is 42.8. The summed E-state index contributed by atoms with van der Waals surface area (Å²) in [7, 11) is 0. The minimum atomic E-state index is 0.322. The van der Waals surface area contributed by atoms with Crippen LogP contribution in [0.4, 0.5) is 23.3 Å². The number of hydrogen-bond donors (Lipinski definition) is 4. The van der Waals surface area contributed by atoms with Crippen LogP contribution in [-0.2, 0) is 0 Å². The number of pyridine rings is 6. The highest BCUT2D eigenvalue weighted by atomic mass is 16.3. The summed E-state index contributed by atoms with van der Waals surface area (Å²) >= 11 is 0. The molecule has 0 saturated carbocycles. The first-order chi connectivity index (χ1) is 39.8. The average Bonchev–Trinajstić information content (AvgIpc) is 4.13. The Labute approximate surface area is 463 Å². The van der Waals surface area contributed by atoms with Gasteiger partial charge >= 0.3 is 0 Å². The van der Waals surface area contributed by atoms with Crippen LogP contribution in [0.5, 0.6) is 0 Å². The fourth-order valence-corrected chi connectivity index (χ4v) is 7.86. The van der Waals surface area contributed by atoms with Gasteiger partial charge in [-0.25, -0.2) is 34.9 Å². The maximum atomic E-state index is 5.78. The second-order valence-electron chi connectivity index (χ2n) is 17.0. The third-order valence-electron chi connectivity index (χ3n) is 11.5. The number of nitrogen functional groups attached to an aromatic ring is 4. The van der Waals surface area contributed by atoms with Gasteiger partial charge < -0.3 is 27.4 Å². The molecule has 0 radical (unpaired) electrons. The van der Waals surface area contributed by atoms with E-state index in [0.29, 0.717) is 57.6 Å². The molecule has 12 heterocycles. The van der Waals surface area contributed by atoms with E-state index in [2.05, 4.69) is 79.7 Å². The normalized spacial score (nSPS) is 10.4. The Morgan fingerprint density at radius 3 is 1.22 bits per heavy atom. The molecule has 0 spiro atoms. The summed E-state index contributed by atoms with van der Waals surface area (Å²) in [6.07, 6.45) is 28.4. The number of anilines is 4. The van der Waals surface area contributed by atoms with Crippen LogP contribution in [0.25, 0.3) is 102 Å². The predicted molar refractivity (Wildman–Crippen MR) is 309 cm³/mol. The van der Waals surface area contributed by atoms with Crippen molar-refractivity contribution in [3.63, 3.8) is 0 Å². The smallest absolute Gasteiger partial charge is 0.159 e. The van der Waals surface area contributed by atoms with Crippen molar-refractivity contribution >= 4 is 23.3 Å². The molecule has 13 aromatic rings. The van der Waals surface area contributed by atoms with Crippen molar-refractivity contribution in [1.29, 1.82) is 0 Å². The first-order valence-electron chi connectivity index (χ1n) is 24.7. The fourth-order valence-electron chi connectivity index (χ4n) is 7.86. The fraction of sp³-hybridized carbons (Fsp3) is 0. The second kappa shape index (κ2) is 25.7. The van der Waals surface area contributed by atoms with E-state index in [9.17, 15) is 0 Å². The summed E-state index contributed by atoms with van der Waals surface area (Å²) in [4.78, 5) is 68.4. The molecule has 0 fully saturated rings. The molecule has 8 N–H and O–H groups in total. The number of hydrogen-bond acceptors (Lipinski definition) is 21. The molecule has 0 atom stereocenters. The molecule has 392 valence electrons. The van der Waals surface area contributed by atoms with Crippen LogP contribution >= 0.6 is 0 Å². The molecule has 21 nitrogen and oxygen atoms in total. The Kier molecular flexibility index (Phi) is 16.6. The Bertz CT molecular complexity index is 3790. The van der Waals surface area contributed by atoms with Crippen LogP contribution in [0.1, 0.15) is 0 Å². The van der Waals surface area contributed by atoms with Crippen LogP contribution in [0, 0.1) is 0 Å². The summed E-state index contributed by atoms with van der Waals surface area (Å²) in [6, 6.07) is 39.7. The van der Waals surface area contributed by atoms with Crippen molar-refractivity contribution in [2.45, 2.75) is 0 Å². The standard InChI is InChI=1S/C18H13N5O.3C14H11N5/c19-15-11-21-16(17(23-15)14-7-4-10-24-14)13-8-9-20-18(22-13)12-5-2-1-3-6-12;15-12-9-18-13(10-1-5-16-6-2-10)14(19-12)11-3-7-17-8-4-11;15-12-9-18-13(10-3-6-16-7-4-10)14(19-12)11-2-1-5-17-8-11;15-12-9-18-13(10-4-7-16-8-5-10)14(19-12)11-3-1-2-6-17-11/h1-11H,(H2,19,23);3*1-9H,(H2,15,19). The van der Waals surface area contributed by atoms with Gasteiger partial charge in [-0.05, 0) is 91.0 Å². The van der Waals surface area contributed by atoms with Crippen molar-refractivity contribution < 1.29 is 4.42 Å². The predicted octanol–water partition coefficient (Wildman–Crippen LogP) is 9.99. The Hall–Kier alpha value is -12.0. The van der Waals surface area contributed by atoms with Gasteiger partial charge in [-0.3, -0.25) is 44.9 Å². The van der Waals surface area contributed by atoms with E-state index >= 15 is 0 Å². The lowest BCUT2D eigenvalue weighted by Crippen LogP contribution is -2.00. The summed E-state index contributed by atoms with van der Waals surface area (Å²) in [5.41, 5.74) is 35.6. The molecule has 0 amide bonds. The van der Waals surface area contributed by atoms with E-state index in [0.717, 1.165) is 67.5 Å². The van der Waals surface area contributed by atoms with Crippen molar-refractivity contribution in [3.05, 3.63) is 233 Å². The van der Waals surface area contributed by atoms with Crippen molar-refractivity contribution in [2.24, 2.45) is 0 Å². The lowest BCUT2D eigenvalue weighted by Gasteiger charge is -2.08. The molecule has 0 saturated heterocycles. The van der Waals surface area contributed by atoms with Crippen LogP contribution in [0.3, 0.4) is 0 Å². The van der Waals surface area contributed by atoms with Crippen molar-refractivity contribution in [3.8, 4) is 102 Å². The third kappa shape index (κ3) is 13.3. The van der Waals surface area contributed by atoms with E-state index in [4.69, 9.17) is 27.4 Å². The number of benzene rings is 1. The molecule has 0 bridgehead atoms. The van der Waals surface area contributed by atoms with Crippen LogP contribution in [0.2, 0.25) is 0 Å². The minimum Gasteiger partial charge on any atom is -0.463 e. The van der Waals surface area contributed by atoms with Crippen molar-refractivity contribution in [2.75, 3.05) is 22.9 Å². The molecular formula is C60H46N20O. The van der Waals surface area contributed by atoms with E-state index in [1.807, 2.05) is 115 Å². The summed E-state index contributed by atoms with van der Waals surface area (Å²) in [5, 5.41) is 0. The summed E-state index contributed by atoms with van der Waals surface area (Å²) in [6.45, 7) is 0. The summed E-state index contributed by atoms with van der Waals surface area (Å²) in [5.74, 6) is 2.68. The Morgan fingerprint density at radius 2 is 0.728 bits per heavy atom.